The fourth-order valence-corrected chi connectivity index (χ4v) is 2.11. The van der Waals surface area contributed by atoms with E-state index >= 15 is 0 Å². The number of carbonyl (C=O) groups excluding carboxylic acids is 1. The van der Waals surface area contributed by atoms with Crippen molar-refractivity contribution in [2.45, 2.75) is 11.8 Å². The number of sulfonamides is 1. The smallest absolute Gasteiger partial charge is 0.338 e. The van der Waals surface area contributed by atoms with Crippen LogP contribution < -0.4 is 4.89 Å². The van der Waals surface area contributed by atoms with E-state index in [1.165, 1.54) is 31.4 Å². The summed E-state index contributed by atoms with van der Waals surface area (Å²) in [6.07, 6.45) is 0. The molecule has 1 aromatic carbocycles. The van der Waals surface area contributed by atoms with Crippen molar-refractivity contribution in [1.82, 2.24) is 4.89 Å². The number of methoxy groups -OCH3 is 1. The van der Waals surface area contributed by atoms with Crippen LogP contribution in [-0.4, -0.2) is 41.3 Å². The third-order valence-electron chi connectivity index (χ3n) is 2.23. The Balaban J connectivity index is 2.69. The average molecular weight is 303 g/mol. The molecule has 1 aromatic rings. The molecule has 0 fully saturated rings. The Hall–Kier alpha value is -1.48. The number of carbonyl (C=O) groups is 1. The maximum absolute atomic E-state index is 11.8. The van der Waals surface area contributed by atoms with Crippen LogP contribution in [0.5, 0.6) is 0 Å². The summed E-state index contributed by atoms with van der Waals surface area (Å²) in [7, 11) is -2.30. The molecular formula is C12H17NO6S. The van der Waals surface area contributed by atoms with Gasteiger partial charge in [0.2, 0.25) is 0 Å². The van der Waals surface area contributed by atoms with Crippen molar-refractivity contribution in [1.29, 1.82) is 0 Å². The average Bonchev–Trinajstić information content (AvgIpc) is 2.44. The van der Waals surface area contributed by atoms with Crippen molar-refractivity contribution in [3.63, 3.8) is 0 Å². The second-order valence-electron chi connectivity index (χ2n) is 3.67. The summed E-state index contributed by atoms with van der Waals surface area (Å²) in [5.41, 5.74) is 0.283. The predicted octanol–water partition coefficient (Wildman–Crippen LogP) is 0.720. The molecule has 0 aliphatic rings. The van der Waals surface area contributed by atoms with Gasteiger partial charge >= 0.3 is 5.97 Å². The van der Waals surface area contributed by atoms with Crippen molar-refractivity contribution in [3.05, 3.63) is 29.8 Å². The minimum Gasteiger partial charge on any atom is -0.462 e. The first-order valence-electron chi connectivity index (χ1n) is 5.91. The molecule has 0 saturated heterocycles. The first-order valence-corrected chi connectivity index (χ1v) is 7.39. The number of hydrogen-bond acceptors (Lipinski definition) is 6. The summed E-state index contributed by atoms with van der Waals surface area (Å²) in [5, 5.41) is 0. The van der Waals surface area contributed by atoms with Gasteiger partial charge in [-0.1, -0.05) is 4.89 Å². The molecule has 0 aliphatic carbocycles. The van der Waals surface area contributed by atoms with Gasteiger partial charge in [-0.05, 0) is 31.2 Å². The first kappa shape index (κ1) is 16.6. The zero-order chi connectivity index (χ0) is 15.0. The van der Waals surface area contributed by atoms with Gasteiger partial charge in [-0.3, -0.25) is 4.84 Å². The molecule has 1 N–H and O–H groups in total. The maximum atomic E-state index is 11.8. The lowest BCUT2D eigenvalue weighted by molar-refractivity contribution is 0.0438. The van der Waals surface area contributed by atoms with Crippen LogP contribution in [-0.2, 0) is 24.3 Å². The molecule has 0 unspecified atom stereocenters. The second kappa shape index (κ2) is 7.95. The van der Waals surface area contributed by atoms with Crippen molar-refractivity contribution in [3.8, 4) is 0 Å². The molecule has 0 spiro atoms. The summed E-state index contributed by atoms with van der Waals surface area (Å²) < 4.78 is 33.1. The Morgan fingerprint density at radius 3 is 2.40 bits per heavy atom. The lowest BCUT2D eigenvalue weighted by atomic mass is 10.2. The molecular weight excluding hydrogens is 286 g/mol. The highest BCUT2D eigenvalue weighted by molar-refractivity contribution is 7.89. The second-order valence-corrected chi connectivity index (χ2v) is 5.32. The topological polar surface area (TPSA) is 90.9 Å². The van der Waals surface area contributed by atoms with E-state index in [1.54, 1.807) is 6.92 Å². The third-order valence-corrected chi connectivity index (χ3v) is 3.46. The van der Waals surface area contributed by atoms with Crippen molar-refractivity contribution < 1.29 is 27.5 Å². The summed E-state index contributed by atoms with van der Waals surface area (Å²) in [4.78, 5) is 18.1. The van der Waals surface area contributed by atoms with E-state index in [0.29, 0.717) is 0 Å². The van der Waals surface area contributed by atoms with Gasteiger partial charge in [0.25, 0.3) is 10.0 Å². The van der Waals surface area contributed by atoms with Crippen LogP contribution in [0.3, 0.4) is 0 Å². The Labute approximate surface area is 117 Å². The molecule has 0 aromatic heterocycles. The van der Waals surface area contributed by atoms with E-state index in [4.69, 9.17) is 14.3 Å². The lowest BCUT2D eigenvalue weighted by Crippen LogP contribution is -2.25. The number of ether oxygens (including phenoxy) is 2. The molecule has 112 valence electrons. The first-order chi connectivity index (χ1) is 9.51. The number of benzene rings is 1. The summed E-state index contributed by atoms with van der Waals surface area (Å²) >= 11 is 0. The lowest BCUT2D eigenvalue weighted by Gasteiger charge is -2.07. The highest BCUT2D eigenvalue weighted by Crippen LogP contribution is 2.11. The SMILES string of the molecule is CCOC(=O)c1ccc(S(=O)(=O)NOCCOC)cc1. The molecule has 8 heteroatoms. The predicted molar refractivity (Wildman–Crippen MR) is 70.5 cm³/mol. The molecule has 0 bridgehead atoms. The monoisotopic (exact) mass is 303 g/mol. The number of hydrogen-bond donors (Lipinski definition) is 1. The maximum Gasteiger partial charge on any atom is 0.338 e. The van der Waals surface area contributed by atoms with E-state index < -0.39 is 16.0 Å². The number of esters is 1. The molecule has 0 amide bonds. The fraction of sp³-hybridized carbons (Fsp3) is 0.417. The molecule has 0 saturated carbocycles. The zero-order valence-electron chi connectivity index (χ0n) is 11.3. The van der Waals surface area contributed by atoms with Crippen molar-refractivity contribution in [2.75, 3.05) is 26.9 Å². The van der Waals surface area contributed by atoms with Gasteiger partial charge in [-0.25, -0.2) is 13.2 Å². The van der Waals surface area contributed by atoms with E-state index in [-0.39, 0.29) is 30.3 Å². The van der Waals surface area contributed by atoms with Gasteiger partial charge in [0.05, 0.1) is 30.3 Å². The van der Waals surface area contributed by atoms with E-state index in [2.05, 4.69) is 0 Å². The van der Waals surface area contributed by atoms with Crippen molar-refractivity contribution >= 4 is 16.0 Å². The van der Waals surface area contributed by atoms with Crippen LogP contribution in [0.4, 0.5) is 0 Å². The molecule has 1 rings (SSSR count). The summed E-state index contributed by atoms with van der Waals surface area (Å²) in [5.74, 6) is -0.499. The van der Waals surface area contributed by atoms with Crippen LogP contribution in [0.1, 0.15) is 17.3 Å². The zero-order valence-corrected chi connectivity index (χ0v) is 12.1. The molecule has 7 nitrogen and oxygen atoms in total. The van der Waals surface area contributed by atoms with Crippen LogP contribution >= 0.6 is 0 Å². The van der Waals surface area contributed by atoms with E-state index in [1.807, 2.05) is 4.89 Å². The number of rotatable bonds is 8. The Morgan fingerprint density at radius 1 is 1.20 bits per heavy atom. The highest BCUT2D eigenvalue weighted by Gasteiger charge is 2.15. The Kier molecular flexibility index (Phi) is 6.59. The minimum absolute atomic E-state index is 0.0111. The standard InChI is InChI=1S/C12H17NO6S/c1-3-18-12(14)10-4-6-11(7-5-10)20(15,16)13-19-9-8-17-2/h4-7,13H,3,8-9H2,1-2H3. The molecule has 0 aliphatic heterocycles. The highest BCUT2D eigenvalue weighted by atomic mass is 32.2. The van der Waals surface area contributed by atoms with Gasteiger partial charge in [0.15, 0.2) is 0 Å². The summed E-state index contributed by atoms with van der Waals surface area (Å²) in [6.45, 7) is 2.31. The summed E-state index contributed by atoms with van der Waals surface area (Å²) in [6, 6.07) is 5.35. The molecule has 0 radical (unpaired) electrons. The van der Waals surface area contributed by atoms with E-state index in [9.17, 15) is 13.2 Å². The van der Waals surface area contributed by atoms with Gasteiger partial charge in [0, 0.05) is 7.11 Å². The normalized spacial score (nSPS) is 11.3. The van der Waals surface area contributed by atoms with Gasteiger partial charge in [-0.15, -0.1) is 0 Å². The van der Waals surface area contributed by atoms with Crippen LogP contribution in [0, 0.1) is 0 Å². The Morgan fingerprint density at radius 2 is 1.85 bits per heavy atom. The third kappa shape index (κ3) is 4.89. The minimum atomic E-state index is -3.78. The van der Waals surface area contributed by atoms with Gasteiger partial charge < -0.3 is 9.47 Å². The van der Waals surface area contributed by atoms with Crippen LogP contribution in [0.15, 0.2) is 29.2 Å². The number of nitrogens with one attached hydrogen (secondary N) is 1. The van der Waals surface area contributed by atoms with Crippen molar-refractivity contribution in [2.24, 2.45) is 0 Å². The largest absolute Gasteiger partial charge is 0.462 e. The quantitative estimate of drug-likeness (QED) is 0.432. The fourth-order valence-electron chi connectivity index (χ4n) is 1.28. The van der Waals surface area contributed by atoms with Gasteiger partial charge in [-0.2, -0.15) is 0 Å². The van der Waals surface area contributed by atoms with Crippen LogP contribution in [0.2, 0.25) is 0 Å². The molecule has 0 atom stereocenters. The molecule has 0 heterocycles. The molecule has 20 heavy (non-hydrogen) atoms. The Bertz CT molecular complexity index is 525. The van der Waals surface area contributed by atoms with Crippen LogP contribution in [0.25, 0.3) is 0 Å². The van der Waals surface area contributed by atoms with E-state index in [0.717, 1.165) is 0 Å². The van der Waals surface area contributed by atoms with Gasteiger partial charge in [0.1, 0.15) is 0 Å².